The number of amides is 2. The van der Waals surface area contributed by atoms with Crippen molar-refractivity contribution in [3.63, 3.8) is 0 Å². The van der Waals surface area contributed by atoms with Crippen molar-refractivity contribution in [3.8, 4) is 5.75 Å². The Labute approximate surface area is 222 Å². The van der Waals surface area contributed by atoms with E-state index >= 15 is 0 Å². The summed E-state index contributed by atoms with van der Waals surface area (Å²) in [6, 6.07) is 20.3. The number of nitrogens with zero attached hydrogens (tertiary/aromatic N) is 3. The fourth-order valence-electron chi connectivity index (χ4n) is 4.20. The van der Waals surface area contributed by atoms with Gasteiger partial charge in [0.15, 0.2) is 5.17 Å². The van der Waals surface area contributed by atoms with Gasteiger partial charge < -0.3 is 10.1 Å². The predicted molar refractivity (Wildman–Crippen MR) is 144 cm³/mol. The first-order valence-electron chi connectivity index (χ1n) is 11.5. The maximum atomic E-state index is 13.5. The predicted octanol–water partition coefficient (Wildman–Crippen LogP) is 5.67. The van der Waals surface area contributed by atoms with E-state index < -0.39 is 11.2 Å². The highest BCUT2D eigenvalue weighted by Gasteiger charge is 2.39. The molecule has 0 aromatic heterocycles. The summed E-state index contributed by atoms with van der Waals surface area (Å²) in [7, 11) is 1.52. The average Bonchev–Trinajstić information content (AvgIpc) is 3.49. The molecule has 5 rings (SSSR count). The van der Waals surface area contributed by atoms with Gasteiger partial charge in [0.05, 0.1) is 24.6 Å². The average molecular weight is 537 g/mol. The smallest absolute Gasteiger partial charge is 0.262 e. The van der Waals surface area contributed by atoms with Crippen molar-refractivity contribution in [3.05, 3.63) is 94.8 Å². The van der Waals surface area contributed by atoms with E-state index in [1.807, 2.05) is 18.2 Å². The van der Waals surface area contributed by atoms with Gasteiger partial charge >= 0.3 is 0 Å². The van der Waals surface area contributed by atoms with Gasteiger partial charge in [0.1, 0.15) is 16.8 Å². The van der Waals surface area contributed by atoms with Crippen LogP contribution in [0.2, 0.25) is 5.02 Å². The van der Waals surface area contributed by atoms with Crippen molar-refractivity contribution >= 4 is 51.7 Å². The molecule has 0 spiro atoms. The van der Waals surface area contributed by atoms with E-state index in [1.54, 1.807) is 47.5 Å². The first-order chi connectivity index (χ1) is 17.9. The van der Waals surface area contributed by atoms with Crippen LogP contribution in [0.25, 0.3) is 0 Å². The van der Waals surface area contributed by atoms with E-state index in [-0.39, 0.29) is 24.2 Å². The number of para-hydroxylation sites is 2. The summed E-state index contributed by atoms with van der Waals surface area (Å²) in [5.74, 6) is -0.524. The second kappa shape index (κ2) is 10.7. The van der Waals surface area contributed by atoms with E-state index in [0.717, 1.165) is 16.8 Å². The highest BCUT2D eigenvalue weighted by Crippen LogP contribution is 2.39. The Morgan fingerprint density at radius 1 is 1.16 bits per heavy atom. The quantitative estimate of drug-likeness (QED) is 0.439. The number of halogens is 2. The van der Waals surface area contributed by atoms with Crippen molar-refractivity contribution in [2.24, 2.45) is 10.1 Å². The number of anilines is 1. The van der Waals surface area contributed by atoms with Gasteiger partial charge in [0.2, 0.25) is 5.91 Å². The molecule has 2 aliphatic rings. The number of thioether (sulfide) groups is 1. The number of ether oxygens (including phenoxy) is 1. The number of hydrogen-bond acceptors (Lipinski definition) is 6. The number of carbonyl (C=O) groups excluding carboxylic acids is 2. The van der Waals surface area contributed by atoms with E-state index in [2.05, 4.69) is 10.3 Å². The van der Waals surface area contributed by atoms with Gasteiger partial charge in [-0.15, -0.1) is 0 Å². The fourth-order valence-corrected chi connectivity index (χ4v) is 5.46. The van der Waals surface area contributed by atoms with Crippen LogP contribution in [0.3, 0.4) is 0 Å². The van der Waals surface area contributed by atoms with Gasteiger partial charge in [0, 0.05) is 17.9 Å². The van der Waals surface area contributed by atoms with Crippen molar-refractivity contribution in [2.75, 3.05) is 12.4 Å². The Hall–Kier alpha value is -3.69. The van der Waals surface area contributed by atoms with E-state index in [0.29, 0.717) is 28.0 Å². The fraction of sp³-hybridized carbons (Fsp3) is 0.185. The Bertz CT molecular complexity index is 1410. The minimum atomic E-state index is -0.685. The molecular weight excluding hydrogens is 515 g/mol. The Morgan fingerprint density at radius 3 is 2.70 bits per heavy atom. The van der Waals surface area contributed by atoms with Crippen molar-refractivity contribution in [1.82, 2.24) is 5.01 Å². The normalized spacial score (nSPS) is 19.0. The summed E-state index contributed by atoms with van der Waals surface area (Å²) < 4.78 is 18.8. The Morgan fingerprint density at radius 2 is 1.95 bits per heavy atom. The van der Waals surface area contributed by atoms with Crippen molar-refractivity contribution in [1.29, 1.82) is 0 Å². The topological polar surface area (TPSA) is 83.4 Å². The zero-order valence-corrected chi connectivity index (χ0v) is 21.3. The second-order valence-corrected chi connectivity index (χ2v) is 10.1. The standard InChI is InChI=1S/C27H22ClFN4O3S/c1-36-23-8-3-2-7-20(23)30-25(34)15-24-26(35)31-27(37-24)33-22(17-5-4-6-18(28)13-17)14-21(32-33)16-9-11-19(29)12-10-16/h2-13,22,24H,14-15H2,1H3,(H,30,34)/t22-,24-/m1/s1. The largest absolute Gasteiger partial charge is 0.495 e. The summed E-state index contributed by atoms with van der Waals surface area (Å²) in [4.78, 5) is 29.8. The van der Waals surface area contributed by atoms with E-state index in [4.69, 9.17) is 21.4 Å². The maximum Gasteiger partial charge on any atom is 0.262 e. The molecule has 0 saturated carbocycles. The SMILES string of the molecule is COc1ccccc1NC(=O)C[C@H]1SC(N2N=C(c3ccc(F)cc3)C[C@@H]2c2cccc(Cl)c2)=NC1=O. The van der Waals surface area contributed by atoms with Gasteiger partial charge in [-0.2, -0.15) is 10.1 Å². The molecule has 188 valence electrons. The number of amidine groups is 1. The lowest BCUT2D eigenvalue weighted by atomic mass is 9.98. The minimum absolute atomic E-state index is 0.0568. The first-order valence-corrected chi connectivity index (χ1v) is 12.8. The van der Waals surface area contributed by atoms with E-state index in [1.165, 1.54) is 31.0 Å². The molecular formula is C27H22ClFN4O3S. The monoisotopic (exact) mass is 536 g/mol. The third-order valence-corrected chi connectivity index (χ3v) is 7.38. The molecule has 7 nitrogen and oxygen atoms in total. The molecule has 3 aromatic rings. The third kappa shape index (κ3) is 5.52. The van der Waals surface area contributed by atoms with Crippen LogP contribution in [0.5, 0.6) is 5.75 Å². The minimum Gasteiger partial charge on any atom is -0.495 e. The van der Waals surface area contributed by atoms with Gasteiger partial charge in [-0.05, 0) is 47.5 Å². The molecule has 2 aliphatic heterocycles. The summed E-state index contributed by atoms with van der Waals surface area (Å²) in [6.07, 6.45) is 0.456. The van der Waals surface area contributed by atoms with E-state index in [9.17, 15) is 14.0 Å². The Kier molecular flexibility index (Phi) is 7.25. The summed E-state index contributed by atoms with van der Waals surface area (Å²) >= 11 is 7.45. The summed E-state index contributed by atoms with van der Waals surface area (Å²) in [5.41, 5.74) is 2.94. The van der Waals surface area contributed by atoms with Crippen LogP contribution < -0.4 is 10.1 Å². The highest BCUT2D eigenvalue weighted by atomic mass is 35.5. The van der Waals surface area contributed by atoms with Crippen LogP contribution in [0.15, 0.2) is 82.9 Å². The van der Waals surface area contributed by atoms with Crippen LogP contribution in [-0.4, -0.2) is 40.1 Å². The van der Waals surface area contributed by atoms with Crippen LogP contribution >= 0.6 is 23.4 Å². The molecule has 2 amide bonds. The molecule has 0 bridgehead atoms. The zero-order chi connectivity index (χ0) is 25.9. The lowest BCUT2D eigenvalue weighted by Gasteiger charge is -2.23. The second-order valence-electron chi connectivity index (χ2n) is 8.46. The van der Waals surface area contributed by atoms with Gasteiger partial charge in [-0.3, -0.25) is 9.59 Å². The summed E-state index contributed by atoms with van der Waals surface area (Å²) in [5, 5.41) is 9.56. The number of aliphatic imine (C=N–C) groups is 1. The zero-order valence-electron chi connectivity index (χ0n) is 19.7. The number of methoxy groups -OCH3 is 1. The molecule has 10 heteroatoms. The van der Waals surface area contributed by atoms with Gasteiger partial charge in [-0.1, -0.05) is 59.8 Å². The molecule has 0 unspecified atom stereocenters. The van der Waals surface area contributed by atoms with Crippen LogP contribution in [0.4, 0.5) is 10.1 Å². The first kappa shape index (κ1) is 25.0. The van der Waals surface area contributed by atoms with Crippen LogP contribution in [0.1, 0.15) is 30.0 Å². The number of nitrogens with one attached hydrogen (secondary N) is 1. The molecule has 0 fully saturated rings. The van der Waals surface area contributed by atoms with Gasteiger partial charge in [-0.25, -0.2) is 9.40 Å². The molecule has 3 aromatic carbocycles. The van der Waals surface area contributed by atoms with Crippen molar-refractivity contribution < 1.29 is 18.7 Å². The Balaban J connectivity index is 1.35. The van der Waals surface area contributed by atoms with Crippen LogP contribution in [0, 0.1) is 5.82 Å². The lowest BCUT2D eigenvalue weighted by molar-refractivity contribution is -0.121. The van der Waals surface area contributed by atoms with Crippen molar-refractivity contribution in [2.45, 2.75) is 24.1 Å². The molecule has 37 heavy (non-hydrogen) atoms. The third-order valence-electron chi connectivity index (χ3n) is 6.00. The number of rotatable bonds is 6. The number of benzene rings is 3. The lowest BCUT2D eigenvalue weighted by Crippen LogP contribution is -2.25. The molecule has 2 atom stereocenters. The molecule has 1 N–H and O–H groups in total. The highest BCUT2D eigenvalue weighted by molar-refractivity contribution is 8.15. The molecule has 0 radical (unpaired) electrons. The van der Waals surface area contributed by atoms with Gasteiger partial charge in [0.25, 0.3) is 5.91 Å². The molecule has 0 aliphatic carbocycles. The molecule has 0 saturated heterocycles. The van der Waals surface area contributed by atoms with Crippen LogP contribution in [-0.2, 0) is 9.59 Å². The molecule has 2 heterocycles. The summed E-state index contributed by atoms with van der Waals surface area (Å²) in [6.45, 7) is 0. The number of hydrazone groups is 1. The number of carbonyl (C=O) groups is 2. The number of hydrogen-bond donors (Lipinski definition) is 1. The maximum absolute atomic E-state index is 13.5.